The van der Waals surface area contributed by atoms with Gasteiger partial charge in [-0.3, -0.25) is 9.69 Å². The molecule has 4 rings (SSSR count). The maximum Gasteiger partial charge on any atom is 0.153 e. The second-order valence-corrected chi connectivity index (χ2v) is 7.54. The number of anilines is 1. The Morgan fingerprint density at radius 3 is 2.68 bits per heavy atom. The number of nitrogens with zero attached hydrogens (tertiary/aromatic N) is 3. The molecule has 1 aliphatic carbocycles. The van der Waals surface area contributed by atoms with E-state index in [4.69, 9.17) is 4.98 Å². The molecule has 2 aromatic rings. The molecule has 132 valence electrons. The van der Waals surface area contributed by atoms with E-state index in [1.807, 2.05) is 30.3 Å². The Hall–Kier alpha value is -1.94. The summed E-state index contributed by atoms with van der Waals surface area (Å²) in [5.41, 5.74) is 1.67. The van der Waals surface area contributed by atoms with Crippen molar-refractivity contribution in [2.24, 2.45) is 0 Å². The van der Waals surface area contributed by atoms with E-state index in [1.54, 1.807) is 0 Å². The van der Waals surface area contributed by atoms with Crippen LogP contribution in [0.25, 0.3) is 10.9 Å². The molecule has 1 aromatic heterocycles. The second-order valence-electron chi connectivity index (χ2n) is 7.54. The molecule has 1 saturated heterocycles. The number of para-hydroxylation sites is 1. The highest BCUT2D eigenvalue weighted by atomic mass is 16.1. The fraction of sp³-hybridized carbons (Fsp3) is 0.524. The lowest BCUT2D eigenvalue weighted by Crippen LogP contribution is -2.55. The summed E-state index contributed by atoms with van der Waals surface area (Å²) < 4.78 is 0. The number of carbonyl (C=O) groups excluding carboxylic acids is 1. The van der Waals surface area contributed by atoms with Crippen LogP contribution in [0, 0.1) is 0 Å². The maximum absolute atomic E-state index is 11.7. The van der Waals surface area contributed by atoms with E-state index < -0.39 is 0 Å². The zero-order chi connectivity index (χ0) is 17.2. The van der Waals surface area contributed by atoms with E-state index in [0.29, 0.717) is 11.6 Å². The molecule has 2 heterocycles. The Labute approximate surface area is 149 Å². The third kappa shape index (κ3) is 3.28. The predicted molar refractivity (Wildman–Crippen MR) is 102 cm³/mol. The normalized spacial score (nSPS) is 23.1. The topological polar surface area (TPSA) is 36.4 Å². The number of aldehydes is 1. The largest absolute Gasteiger partial charge is 0.351 e. The van der Waals surface area contributed by atoms with Crippen molar-refractivity contribution < 1.29 is 4.79 Å². The molecule has 0 radical (unpaired) electrons. The highest BCUT2D eigenvalue weighted by Gasteiger charge is 2.30. The number of piperazine rings is 1. The van der Waals surface area contributed by atoms with Crippen LogP contribution < -0.4 is 4.90 Å². The Kier molecular flexibility index (Phi) is 4.71. The van der Waals surface area contributed by atoms with E-state index in [9.17, 15) is 4.79 Å². The van der Waals surface area contributed by atoms with Crippen LogP contribution in [0.15, 0.2) is 30.3 Å². The smallest absolute Gasteiger partial charge is 0.153 e. The zero-order valence-electron chi connectivity index (χ0n) is 15.0. The number of pyridine rings is 1. The highest BCUT2D eigenvalue weighted by Crippen LogP contribution is 2.29. The molecule has 2 fully saturated rings. The number of hydrogen-bond acceptors (Lipinski definition) is 4. The molecule has 25 heavy (non-hydrogen) atoms. The minimum Gasteiger partial charge on any atom is -0.351 e. The van der Waals surface area contributed by atoms with E-state index in [2.05, 4.69) is 16.7 Å². The van der Waals surface area contributed by atoms with Crippen LogP contribution in [0.4, 0.5) is 5.82 Å². The number of rotatable bonds is 3. The zero-order valence-corrected chi connectivity index (χ0v) is 15.0. The van der Waals surface area contributed by atoms with Gasteiger partial charge in [0, 0.05) is 37.1 Å². The molecule has 0 amide bonds. The molecule has 1 unspecified atom stereocenters. The van der Waals surface area contributed by atoms with Gasteiger partial charge in [0.25, 0.3) is 0 Å². The molecule has 0 bridgehead atoms. The van der Waals surface area contributed by atoms with Crippen LogP contribution in [0.3, 0.4) is 0 Å². The number of carbonyl (C=O) groups is 1. The third-order valence-corrected chi connectivity index (χ3v) is 5.88. The first-order valence-electron chi connectivity index (χ1n) is 9.62. The molecule has 0 spiro atoms. The number of fused-ring (bicyclic) bond motifs is 1. The van der Waals surface area contributed by atoms with Gasteiger partial charge in [-0.1, -0.05) is 37.5 Å². The average molecular weight is 337 g/mol. The minimum atomic E-state index is 0.378. The molecule has 1 saturated carbocycles. The van der Waals surface area contributed by atoms with Gasteiger partial charge in [0.1, 0.15) is 5.82 Å². The quantitative estimate of drug-likeness (QED) is 0.796. The van der Waals surface area contributed by atoms with Crippen molar-refractivity contribution in [2.75, 3.05) is 24.5 Å². The lowest BCUT2D eigenvalue weighted by molar-refractivity contribution is 0.112. The molecule has 1 atom stereocenters. The van der Waals surface area contributed by atoms with E-state index >= 15 is 0 Å². The molecule has 4 nitrogen and oxygen atoms in total. The van der Waals surface area contributed by atoms with Gasteiger partial charge in [-0.05, 0) is 31.9 Å². The fourth-order valence-electron chi connectivity index (χ4n) is 4.52. The van der Waals surface area contributed by atoms with Crippen LogP contribution >= 0.6 is 0 Å². The van der Waals surface area contributed by atoms with Crippen molar-refractivity contribution in [3.05, 3.63) is 35.9 Å². The van der Waals surface area contributed by atoms with Crippen LogP contribution in [0.1, 0.15) is 49.4 Å². The first kappa shape index (κ1) is 16.5. The first-order valence-corrected chi connectivity index (χ1v) is 9.62. The van der Waals surface area contributed by atoms with Crippen molar-refractivity contribution >= 4 is 23.0 Å². The van der Waals surface area contributed by atoms with E-state index in [1.165, 1.54) is 32.1 Å². The number of hydrogen-bond donors (Lipinski definition) is 0. The lowest BCUT2D eigenvalue weighted by Gasteiger charge is -2.45. The number of aromatic nitrogens is 1. The van der Waals surface area contributed by atoms with Gasteiger partial charge in [0.2, 0.25) is 0 Å². The Morgan fingerprint density at radius 1 is 1.12 bits per heavy atom. The average Bonchev–Trinajstić information content (AvgIpc) is 2.67. The summed E-state index contributed by atoms with van der Waals surface area (Å²) in [6.07, 6.45) is 7.80. The predicted octanol–water partition coefficient (Wildman–Crippen LogP) is 3.89. The first-order chi connectivity index (χ1) is 12.3. The van der Waals surface area contributed by atoms with E-state index in [0.717, 1.165) is 48.7 Å². The van der Waals surface area contributed by atoms with Crippen LogP contribution in [0.5, 0.6) is 0 Å². The van der Waals surface area contributed by atoms with Gasteiger partial charge < -0.3 is 4.90 Å². The second kappa shape index (κ2) is 7.12. The van der Waals surface area contributed by atoms with Gasteiger partial charge in [0.05, 0.1) is 11.1 Å². The molecule has 2 aliphatic rings. The Bertz CT molecular complexity index is 754. The summed E-state index contributed by atoms with van der Waals surface area (Å²) in [5.74, 6) is 0.851. The fourth-order valence-corrected chi connectivity index (χ4v) is 4.52. The third-order valence-electron chi connectivity index (χ3n) is 5.88. The van der Waals surface area contributed by atoms with Crippen LogP contribution in [0.2, 0.25) is 0 Å². The monoisotopic (exact) mass is 337 g/mol. The maximum atomic E-state index is 11.7. The molecular formula is C21H27N3O. The lowest BCUT2D eigenvalue weighted by atomic mass is 9.93. The molecular weight excluding hydrogens is 310 g/mol. The van der Waals surface area contributed by atoms with Crippen molar-refractivity contribution in [1.82, 2.24) is 9.88 Å². The molecule has 1 aliphatic heterocycles. The highest BCUT2D eigenvalue weighted by molar-refractivity contribution is 5.91. The van der Waals surface area contributed by atoms with Crippen LogP contribution in [-0.2, 0) is 0 Å². The SMILES string of the molecule is CC1CN(C2CCCCC2)CCN1c1nc2ccccc2cc1C=O. The molecule has 0 N–H and O–H groups in total. The molecule has 1 aromatic carbocycles. The summed E-state index contributed by atoms with van der Waals surface area (Å²) in [4.78, 5) is 21.5. The minimum absolute atomic E-state index is 0.378. The Morgan fingerprint density at radius 2 is 1.92 bits per heavy atom. The van der Waals surface area contributed by atoms with Gasteiger partial charge in [0.15, 0.2) is 6.29 Å². The van der Waals surface area contributed by atoms with Gasteiger partial charge in [-0.2, -0.15) is 0 Å². The standard InChI is InChI=1S/C21H27N3O/c1-16-14-23(19-8-3-2-4-9-19)11-12-24(16)21-18(15-25)13-17-7-5-6-10-20(17)22-21/h5-7,10,13,15-16,19H,2-4,8-9,11-12,14H2,1H3. The van der Waals surface area contributed by atoms with Crippen molar-refractivity contribution in [3.63, 3.8) is 0 Å². The van der Waals surface area contributed by atoms with Gasteiger partial charge in [-0.25, -0.2) is 4.98 Å². The van der Waals surface area contributed by atoms with E-state index in [-0.39, 0.29) is 0 Å². The van der Waals surface area contributed by atoms with Gasteiger partial charge >= 0.3 is 0 Å². The van der Waals surface area contributed by atoms with Crippen LogP contribution in [-0.4, -0.2) is 47.9 Å². The number of benzene rings is 1. The molecule has 4 heteroatoms. The summed E-state index contributed by atoms with van der Waals surface area (Å²) >= 11 is 0. The van der Waals surface area contributed by atoms with Crippen molar-refractivity contribution in [2.45, 2.75) is 51.1 Å². The summed E-state index contributed by atoms with van der Waals surface area (Å²) in [6, 6.07) is 11.1. The Balaban J connectivity index is 1.58. The summed E-state index contributed by atoms with van der Waals surface area (Å²) in [7, 11) is 0. The van der Waals surface area contributed by atoms with Gasteiger partial charge in [-0.15, -0.1) is 0 Å². The summed E-state index contributed by atoms with van der Waals surface area (Å²) in [6.45, 7) is 5.35. The van der Waals surface area contributed by atoms with Crippen molar-refractivity contribution in [1.29, 1.82) is 0 Å². The van der Waals surface area contributed by atoms with Crippen molar-refractivity contribution in [3.8, 4) is 0 Å². The summed E-state index contributed by atoms with van der Waals surface area (Å²) in [5, 5.41) is 1.03.